The Kier molecular flexibility index (Phi) is 6.52. The van der Waals surface area contributed by atoms with Crippen LogP contribution in [-0.4, -0.2) is 39.3 Å². The number of piperidine rings is 1. The maximum absolute atomic E-state index is 9.83. The number of nitrogens with zero attached hydrogens (tertiary/aromatic N) is 4. The van der Waals surface area contributed by atoms with Gasteiger partial charge in [-0.25, -0.2) is 15.0 Å². The molecule has 0 aliphatic carbocycles. The van der Waals surface area contributed by atoms with Crippen molar-refractivity contribution >= 4 is 40.8 Å². The summed E-state index contributed by atoms with van der Waals surface area (Å²) in [5.74, 6) is 1.42. The highest BCUT2D eigenvalue weighted by Gasteiger charge is 2.34. The lowest BCUT2D eigenvalue weighted by Crippen LogP contribution is -2.41. The van der Waals surface area contributed by atoms with E-state index in [1.807, 2.05) is 6.92 Å². The molecule has 3 heterocycles. The predicted molar refractivity (Wildman–Crippen MR) is 115 cm³/mol. The van der Waals surface area contributed by atoms with Gasteiger partial charge < -0.3 is 21.5 Å². The fraction of sp³-hybridized carbons (Fsp3) is 0.526. The Balaban J connectivity index is 1.70. The average molecular weight is 423 g/mol. The molecule has 1 unspecified atom stereocenters. The molecular weight excluding hydrogens is 396 g/mol. The average Bonchev–Trinajstić information content (AvgIpc) is 2.67. The van der Waals surface area contributed by atoms with Crippen LogP contribution in [0.4, 0.5) is 17.5 Å². The van der Waals surface area contributed by atoms with Crippen LogP contribution in [0.1, 0.15) is 39.5 Å². The van der Waals surface area contributed by atoms with E-state index in [4.69, 9.17) is 23.1 Å². The number of nitrogens with two attached hydrogens (primary N) is 2. The van der Waals surface area contributed by atoms with Gasteiger partial charge in [-0.2, -0.15) is 0 Å². The lowest BCUT2D eigenvalue weighted by atomic mass is 9.72. The molecule has 1 atom stereocenters. The molecule has 0 aromatic carbocycles. The molecule has 0 spiro atoms. The quantitative estimate of drug-likeness (QED) is 0.646. The van der Waals surface area contributed by atoms with Crippen LogP contribution in [0.2, 0.25) is 5.02 Å². The van der Waals surface area contributed by atoms with E-state index in [1.165, 1.54) is 11.8 Å². The molecule has 2 aromatic rings. The standard InChI is InChI=1S/C19H27ClN6OS/c1-3-19(10-12(2)27)5-8-26(9-6-19)14-11-24-18(17(22)25-14)28-13-4-7-23-16(21)15(13)20/h4,7,11-12,27H,3,5-6,8-10H2,1-2H3,(H2,21,23)(H2,22,25). The minimum Gasteiger partial charge on any atom is -0.393 e. The third kappa shape index (κ3) is 4.61. The summed E-state index contributed by atoms with van der Waals surface area (Å²) in [5.41, 5.74) is 12.1. The van der Waals surface area contributed by atoms with Gasteiger partial charge in [-0.3, -0.25) is 0 Å². The van der Waals surface area contributed by atoms with Crippen molar-refractivity contribution in [2.45, 2.75) is 55.6 Å². The molecular formula is C19H27ClN6OS. The van der Waals surface area contributed by atoms with E-state index in [2.05, 4.69) is 26.8 Å². The molecule has 2 aromatic heterocycles. The number of halogens is 1. The van der Waals surface area contributed by atoms with Crippen molar-refractivity contribution in [1.82, 2.24) is 15.0 Å². The van der Waals surface area contributed by atoms with E-state index in [0.29, 0.717) is 15.9 Å². The fourth-order valence-corrected chi connectivity index (χ4v) is 4.79. The second-order valence-corrected chi connectivity index (χ2v) is 8.83. The molecule has 3 rings (SSSR count). The Hall–Kier alpha value is -1.77. The largest absolute Gasteiger partial charge is 0.393 e. The molecule has 0 saturated carbocycles. The summed E-state index contributed by atoms with van der Waals surface area (Å²) in [6, 6.07) is 1.77. The molecule has 28 heavy (non-hydrogen) atoms. The second-order valence-electron chi connectivity index (χ2n) is 7.42. The molecule has 1 saturated heterocycles. The molecule has 9 heteroatoms. The number of aromatic nitrogens is 3. The van der Waals surface area contributed by atoms with Gasteiger partial charge in [0.15, 0.2) is 5.82 Å². The molecule has 0 amide bonds. The number of pyridine rings is 1. The second kappa shape index (κ2) is 8.71. The molecule has 7 nitrogen and oxygen atoms in total. The Morgan fingerprint density at radius 1 is 1.29 bits per heavy atom. The van der Waals surface area contributed by atoms with Crippen molar-refractivity contribution in [2.75, 3.05) is 29.5 Å². The monoisotopic (exact) mass is 422 g/mol. The highest BCUT2D eigenvalue weighted by Crippen LogP contribution is 2.41. The van der Waals surface area contributed by atoms with E-state index in [-0.39, 0.29) is 17.3 Å². The first kappa shape index (κ1) is 21.0. The number of nitrogen functional groups attached to an aromatic ring is 2. The number of aliphatic hydroxyl groups is 1. The molecule has 1 aliphatic rings. The van der Waals surface area contributed by atoms with Crippen molar-refractivity contribution in [3.8, 4) is 0 Å². The first-order chi connectivity index (χ1) is 13.3. The molecule has 0 bridgehead atoms. The summed E-state index contributed by atoms with van der Waals surface area (Å²) in [4.78, 5) is 16.0. The van der Waals surface area contributed by atoms with Gasteiger partial charge in [-0.1, -0.05) is 36.7 Å². The summed E-state index contributed by atoms with van der Waals surface area (Å²) < 4.78 is 0. The summed E-state index contributed by atoms with van der Waals surface area (Å²) in [5, 5.41) is 10.8. The van der Waals surface area contributed by atoms with Crippen LogP contribution in [0.5, 0.6) is 0 Å². The van der Waals surface area contributed by atoms with E-state index in [0.717, 1.165) is 49.5 Å². The molecule has 5 N–H and O–H groups in total. The van der Waals surface area contributed by atoms with Crippen LogP contribution in [-0.2, 0) is 0 Å². The Bertz CT molecular complexity index is 826. The minimum absolute atomic E-state index is 0.206. The van der Waals surface area contributed by atoms with Crippen LogP contribution in [0.3, 0.4) is 0 Å². The highest BCUT2D eigenvalue weighted by molar-refractivity contribution is 7.99. The summed E-state index contributed by atoms with van der Waals surface area (Å²) in [6.07, 6.45) is 7.05. The Labute approximate surface area is 174 Å². The number of aliphatic hydroxyl groups excluding tert-OH is 1. The smallest absolute Gasteiger partial charge is 0.158 e. The number of rotatable bonds is 6. The van der Waals surface area contributed by atoms with Gasteiger partial charge in [0, 0.05) is 24.2 Å². The SMILES string of the molecule is CCC1(CC(C)O)CCN(c2cnc(Sc3ccnc(N)c3Cl)c(N)n2)CC1. The van der Waals surface area contributed by atoms with Crippen molar-refractivity contribution in [3.63, 3.8) is 0 Å². The molecule has 152 valence electrons. The highest BCUT2D eigenvalue weighted by atomic mass is 35.5. The van der Waals surface area contributed by atoms with Gasteiger partial charge in [0.25, 0.3) is 0 Å². The van der Waals surface area contributed by atoms with Gasteiger partial charge in [-0.05, 0) is 37.7 Å². The molecule has 1 fully saturated rings. The number of hydrogen-bond donors (Lipinski definition) is 3. The topological polar surface area (TPSA) is 114 Å². The third-order valence-electron chi connectivity index (χ3n) is 5.47. The maximum atomic E-state index is 9.83. The Morgan fingerprint density at radius 2 is 2.00 bits per heavy atom. The predicted octanol–water partition coefficient (Wildman–Crippen LogP) is 3.61. The Morgan fingerprint density at radius 3 is 2.61 bits per heavy atom. The zero-order chi connectivity index (χ0) is 20.3. The fourth-order valence-electron chi connectivity index (χ4n) is 3.78. The first-order valence-electron chi connectivity index (χ1n) is 9.47. The van der Waals surface area contributed by atoms with E-state index in [1.54, 1.807) is 18.5 Å². The van der Waals surface area contributed by atoms with Crippen LogP contribution in [0.25, 0.3) is 0 Å². The minimum atomic E-state index is -0.271. The molecule has 0 radical (unpaired) electrons. The van der Waals surface area contributed by atoms with Gasteiger partial charge in [0.2, 0.25) is 0 Å². The lowest BCUT2D eigenvalue weighted by Gasteiger charge is -2.42. The zero-order valence-electron chi connectivity index (χ0n) is 16.2. The van der Waals surface area contributed by atoms with Gasteiger partial charge in [0.1, 0.15) is 16.7 Å². The molecule has 1 aliphatic heterocycles. The van der Waals surface area contributed by atoms with Crippen LogP contribution >= 0.6 is 23.4 Å². The summed E-state index contributed by atoms with van der Waals surface area (Å²) in [6.45, 7) is 5.84. The normalized spacial score (nSPS) is 17.5. The van der Waals surface area contributed by atoms with Crippen molar-refractivity contribution in [1.29, 1.82) is 0 Å². The lowest BCUT2D eigenvalue weighted by molar-refractivity contribution is 0.0869. The van der Waals surface area contributed by atoms with Crippen molar-refractivity contribution in [2.24, 2.45) is 5.41 Å². The third-order valence-corrected chi connectivity index (χ3v) is 7.04. The van der Waals surface area contributed by atoms with E-state index in [9.17, 15) is 5.11 Å². The van der Waals surface area contributed by atoms with Gasteiger partial charge in [-0.15, -0.1) is 0 Å². The summed E-state index contributed by atoms with van der Waals surface area (Å²) in [7, 11) is 0. The van der Waals surface area contributed by atoms with E-state index < -0.39 is 0 Å². The van der Waals surface area contributed by atoms with Gasteiger partial charge >= 0.3 is 0 Å². The zero-order valence-corrected chi connectivity index (χ0v) is 17.8. The van der Waals surface area contributed by atoms with Crippen molar-refractivity contribution < 1.29 is 5.11 Å². The van der Waals surface area contributed by atoms with Crippen LogP contribution in [0.15, 0.2) is 28.4 Å². The number of hydrogen-bond acceptors (Lipinski definition) is 8. The van der Waals surface area contributed by atoms with Gasteiger partial charge in [0.05, 0.1) is 17.3 Å². The van der Waals surface area contributed by atoms with E-state index >= 15 is 0 Å². The van der Waals surface area contributed by atoms with Crippen LogP contribution in [0, 0.1) is 5.41 Å². The van der Waals surface area contributed by atoms with Crippen LogP contribution < -0.4 is 16.4 Å². The maximum Gasteiger partial charge on any atom is 0.158 e. The number of anilines is 3. The summed E-state index contributed by atoms with van der Waals surface area (Å²) >= 11 is 7.53. The van der Waals surface area contributed by atoms with Crippen molar-refractivity contribution in [3.05, 3.63) is 23.5 Å². The first-order valence-corrected chi connectivity index (χ1v) is 10.7.